The molecular weight excluding hydrogens is 346 g/mol. The molecule has 0 fully saturated rings. The summed E-state index contributed by atoms with van der Waals surface area (Å²) in [7, 11) is 1.64. The lowest BCUT2D eigenvalue weighted by Crippen LogP contribution is -2.05. The smallest absolute Gasteiger partial charge is 0.367 e. The van der Waals surface area contributed by atoms with Crippen LogP contribution in [0.15, 0.2) is 46.4 Å². The third kappa shape index (κ3) is 3.42. The van der Waals surface area contributed by atoms with Gasteiger partial charge in [-0.15, -0.1) is 11.8 Å². The summed E-state index contributed by atoms with van der Waals surface area (Å²) in [6.45, 7) is 0. The summed E-state index contributed by atoms with van der Waals surface area (Å²) in [6, 6.07) is 11.1. The fourth-order valence-corrected chi connectivity index (χ4v) is 3.24. The highest BCUT2D eigenvalue weighted by molar-refractivity contribution is 7.98. The molecule has 0 aliphatic heterocycles. The topological polar surface area (TPSA) is 47.9 Å². The van der Waals surface area contributed by atoms with Gasteiger partial charge in [0.15, 0.2) is 0 Å². The molecule has 0 saturated carbocycles. The Labute approximate surface area is 149 Å². The lowest BCUT2D eigenvalue weighted by Gasteiger charge is -2.05. The molecule has 1 aliphatic carbocycles. The standard InChI is InChI=1S/C18H16ClNO3S/c1-22-12-4-6-14-11(9-12)3-8-17(14)20-23-18(21)15-10-13(24-2)5-7-16(15)19/h4-7,9-10H,3,8H2,1-2H3/b20-17-. The van der Waals surface area contributed by atoms with Gasteiger partial charge in [0, 0.05) is 10.5 Å². The van der Waals surface area contributed by atoms with Crippen molar-refractivity contribution in [1.82, 2.24) is 0 Å². The number of ether oxygens (including phenoxy) is 1. The molecule has 0 saturated heterocycles. The van der Waals surface area contributed by atoms with E-state index in [9.17, 15) is 4.79 Å². The predicted molar refractivity (Wildman–Crippen MR) is 96.5 cm³/mol. The minimum absolute atomic E-state index is 0.320. The summed E-state index contributed by atoms with van der Waals surface area (Å²) in [5.41, 5.74) is 3.22. The van der Waals surface area contributed by atoms with Crippen molar-refractivity contribution in [3.05, 3.63) is 58.1 Å². The van der Waals surface area contributed by atoms with Crippen LogP contribution in [0, 0.1) is 0 Å². The number of aryl methyl sites for hydroxylation is 1. The van der Waals surface area contributed by atoms with E-state index in [1.165, 1.54) is 11.8 Å². The fourth-order valence-electron chi connectivity index (χ4n) is 2.60. The van der Waals surface area contributed by atoms with Gasteiger partial charge in [-0.05, 0) is 61.1 Å². The number of hydrogen-bond acceptors (Lipinski definition) is 5. The number of fused-ring (bicyclic) bond motifs is 1. The van der Waals surface area contributed by atoms with Crippen LogP contribution >= 0.6 is 23.4 Å². The molecule has 0 unspecified atom stereocenters. The summed E-state index contributed by atoms with van der Waals surface area (Å²) in [5, 5.41) is 4.41. The molecule has 0 heterocycles. The first-order chi connectivity index (χ1) is 11.6. The first-order valence-electron chi connectivity index (χ1n) is 7.41. The van der Waals surface area contributed by atoms with Gasteiger partial charge in [-0.1, -0.05) is 16.8 Å². The van der Waals surface area contributed by atoms with Crippen LogP contribution in [-0.2, 0) is 11.3 Å². The van der Waals surface area contributed by atoms with Crippen LogP contribution in [0.3, 0.4) is 0 Å². The Morgan fingerprint density at radius 1 is 1.21 bits per heavy atom. The number of thioether (sulfide) groups is 1. The number of benzene rings is 2. The van der Waals surface area contributed by atoms with E-state index in [-0.39, 0.29) is 0 Å². The van der Waals surface area contributed by atoms with Crippen LogP contribution in [0.4, 0.5) is 0 Å². The van der Waals surface area contributed by atoms with E-state index in [2.05, 4.69) is 5.16 Å². The second kappa shape index (κ2) is 7.28. The van der Waals surface area contributed by atoms with Crippen LogP contribution in [0.1, 0.15) is 27.9 Å². The van der Waals surface area contributed by atoms with E-state index >= 15 is 0 Å². The number of hydrogen-bond donors (Lipinski definition) is 0. The van der Waals surface area contributed by atoms with Gasteiger partial charge < -0.3 is 9.57 Å². The monoisotopic (exact) mass is 361 g/mol. The van der Waals surface area contributed by atoms with Crippen molar-refractivity contribution in [1.29, 1.82) is 0 Å². The summed E-state index contributed by atoms with van der Waals surface area (Å²) < 4.78 is 5.22. The molecule has 2 aromatic rings. The van der Waals surface area contributed by atoms with E-state index in [1.807, 2.05) is 30.5 Å². The van der Waals surface area contributed by atoms with Gasteiger partial charge in [-0.2, -0.15) is 0 Å². The zero-order chi connectivity index (χ0) is 17.1. The number of methoxy groups -OCH3 is 1. The van der Waals surface area contributed by atoms with Gasteiger partial charge >= 0.3 is 5.97 Å². The Balaban J connectivity index is 1.79. The average Bonchev–Trinajstić information content (AvgIpc) is 3.02. The van der Waals surface area contributed by atoms with Gasteiger partial charge in [0.1, 0.15) is 5.75 Å². The van der Waals surface area contributed by atoms with Crippen molar-refractivity contribution < 1.29 is 14.4 Å². The lowest BCUT2D eigenvalue weighted by atomic mass is 10.1. The number of nitrogens with zero attached hydrogens (tertiary/aromatic N) is 1. The average molecular weight is 362 g/mol. The van der Waals surface area contributed by atoms with Crippen molar-refractivity contribution >= 4 is 35.0 Å². The first kappa shape index (κ1) is 16.9. The maximum absolute atomic E-state index is 12.3. The van der Waals surface area contributed by atoms with Gasteiger partial charge in [0.05, 0.1) is 23.4 Å². The van der Waals surface area contributed by atoms with Crippen LogP contribution in [0.5, 0.6) is 5.75 Å². The molecule has 0 amide bonds. The number of rotatable bonds is 4. The third-order valence-corrected chi connectivity index (χ3v) is 4.94. The quantitative estimate of drug-likeness (QED) is 0.454. The maximum Gasteiger partial charge on any atom is 0.367 e. The Kier molecular flexibility index (Phi) is 5.11. The molecule has 1 aliphatic rings. The third-order valence-electron chi connectivity index (χ3n) is 3.89. The lowest BCUT2D eigenvalue weighted by molar-refractivity contribution is 0.0516. The highest BCUT2D eigenvalue weighted by Gasteiger charge is 2.20. The summed E-state index contributed by atoms with van der Waals surface area (Å²) in [5.74, 6) is 0.262. The highest BCUT2D eigenvalue weighted by atomic mass is 35.5. The van der Waals surface area contributed by atoms with Crippen molar-refractivity contribution in [3.8, 4) is 5.75 Å². The summed E-state index contributed by atoms with van der Waals surface area (Å²) in [4.78, 5) is 18.3. The number of oxime groups is 1. The van der Waals surface area contributed by atoms with E-state index < -0.39 is 5.97 Å². The van der Waals surface area contributed by atoms with Gasteiger partial charge in [0.2, 0.25) is 0 Å². The Bertz CT molecular complexity index is 820. The summed E-state index contributed by atoms with van der Waals surface area (Å²) >= 11 is 7.62. The molecule has 0 spiro atoms. The fraction of sp³-hybridized carbons (Fsp3) is 0.222. The Morgan fingerprint density at radius 3 is 2.79 bits per heavy atom. The van der Waals surface area contributed by atoms with E-state index in [4.69, 9.17) is 21.2 Å². The zero-order valence-corrected chi connectivity index (χ0v) is 14.9. The molecule has 0 bridgehead atoms. The van der Waals surface area contributed by atoms with E-state index in [0.717, 1.165) is 40.3 Å². The van der Waals surface area contributed by atoms with Crippen molar-refractivity contribution in [2.45, 2.75) is 17.7 Å². The molecular formula is C18H16ClNO3S. The largest absolute Gasteiger partial charge is 0.497 e. The minimum atomic E-state index is -0.551. The number of carbonyl (C=O) groups is 1. The van der Waals surface area contributed by atoms with E-state index in [0.29, 0.717) is 10.6 Å². The number of carbonyl (C=O) groups excluding carboxylic acids is 1. The van der Waals surface area contributed by atoms with Gasteiger partial charge in [-0.25, -0.2) is 4.79 Å². The van der Waals surface area contributed by atoms with Gasteiger partial charge in [0.25, 0.3) is 0 Å². The van der Waals surface area contributed by atoms with Crippen LogP contribution < -0.4 is 4.74 Å². The number of halogens is 1. The second-order valence-electron chi connectivity index (χ2n) is 5.29. The van der Waals surface area contributed by atoms with E-state index in [1.54, 1.807) is 19.2 Å². The van der Waals surface area contributed by atoms with Crippen LogP contribution in [0.25, 0.3) is 0 Å². The second-order valence-corrected chi connectivity index (χ2v) is 6.57. The molecule has 0 N–H and O–H groups in total. The van der Waals surface area contributed by atoms with Crippen molar-refractivity contribution in [3.63, 3.8) is 0 Å². The van der Waals surface area contributed by atoms with Crippen LogP contribution in [0.2, 0.25) is 5.02 Å². The SMILES string of the molecule is COc1ccc2c(c1)CC/C2=N/OC(=O)c1cc(SC)ccc1Cl. The van der Waals surface area contributed by atoms with Crippen molar-refractivity contribution in [2.75, 3.05) is 13.4 Å². The Hall–Kier alpha value is -1.98. The molecule has 2 aromatic carbocycles. The predicted octanol–water partition coefficient (Wildman–Crippen LogP) is 4.58. The van der Waals surface area contributed by atoms with Gasteiger partial charge in [-0.3, -0.25) is 0 Å². The summed E-state index contributed by atoms with van der Waals surface area (Å²) in [6.07, 6.45) is 3.52. The molecule has 3 rings (SSSR count). The molecule has 124 valence electrons. The molecule has 24 heavy (non-hydrogen) atoms. The maximum atomic E-state index is 12.3. The normalized spacial score (nSPS) is 14.5. The molecule has 0 atom stereocenters. The highest BCUT2D eigenvalue weighted by Crippen LogP contribution is 2.27. The molecule has 0 aromatic heterocycles. The van der Waals surface area contributed by atoms with Crippen LogP contribution in [-0.4, -0.2) is 25.0 Å². The van der Waals surface area contributed by atoms with Crippen molar-refractivity contribution in [2.24, 2.45) is 5.16 Å². The zero-order valence-electron chi connectivity index (χ0n) is 13.3. The Morgan fingerprint density at radius 2 is 2.04 bits per heavy atom. The first-order valence-corrected chi connectivity index (χ1v) is 9.01. The molecule has 6 heteroatoms. The minimum Gasteiger partial charge on any atom is -0.497 e. The molecule has 4 nitrogen and oxygen atoms in total. The molecule has 0 radical (unpaired) electrons.